The number of hydrogen-bond acceptors (Lipinski definition) is 3. The number of benzene rings is 1. The SMILES string of the molecule is O=C(c1cc2cc(F)ccc2o1)C1CCOCC1. The summed E-state index contributed by atoms with van der Waals surface area (Å²) < 4.78 is 23.8. The first-order chi connectivity index (χ1) is 8.74. The molecule has 1 saturated heterocycles. The van der Waals surface area contributed by atoms with Gasteiger partial charge in [0.25, 0.3) is 0 Å². The molecule has 0 spiro atoms. The molecule has 0 amide bonds. The van der Waals surface area contributed by atoms with Crippen molar-refractivity contribution in [3.05, 3.63) is 35.8 Å². The Kier molecular flexibility index (Phi) is 2.88. The van der Waals surface area contributed by atoms with E-state index in [9.17, 15) is 9.18 Å². The minimum atomic E-state index is -0.326. The highest BCUT2D eigenvalue weighted by molar-refractivity contribution is 5.99. The van der Waals surface area contributed by atoms with E-state index in [0.29, 0.717) is 29.9 Å². The molecule has 0 bridgehead atoms. The smallest absolute Gasteiger partial charge is 0.201 e. The molecule has 1 aliphatic rings. The van der Waals surface area contributed by atoms with Crippen molar-refractivity contribution < 1.29 is 18.3 Å². The van der Waals surface area contributed by atoms with Gasteiger partial charge in [0.2, 0.25) is 5.78 Å². The van der Waals surface area contributed by atoms with Crippen molar-refractivity contribution in [2.75, 3.05) is 13.2 Å². The normalized spacial score (nSPS) is 17.2. The lowest BCUT2D eigenvalue weighted by atomic mass is 9.94. The Balaban J connectivity index is 1.91. The van der Waals surface area contributed by atoms with E-state index in [4.69, 9.17) is 9.15 Å². The van der Waals surface area contributed by atoms with Crippen molar-refractivity contribution in [1.29, 1.82) is 0 Å². The van der Waals surface area contributed by atoms with Crippen LogP contribution in [0.4, 0.5) is 4.39 Å². The van der Waals surface area contributed by atoms with Crippen LogP contribution in [0.5, 0.6) is 0 Å². The van der Waals surface area contributed by atoms with Crippen LogP contribution in [0.3, 0.4) is 0 Å². The second kappa shape index (κ2) is 4.53. The second-order valence-electron chi connectivity index (χ2n) is 4.54. The van der Waals surface area contributed by atoms with Gasteiger partial charge >= 0.3 is 0 Å². The first-order valence-electron chi connectivity index (χ1n) is 6.05. The Hall–Kier alpha value is -1.68. The van der Waals surface area contributed by atoms with E-state index in [-0.39, 0.29) is 17.5 Å². The van der Waals surface area contributed by atoms with Crippen LogP contribution < -0.4 is 0 Å². The van der Waals surface area contributed by atoms with Crippen molar-refractivity contribution in [3.8, 4) is 0 Å². The lowest BCUT2D eigenvalue weighted by Gasteiger charge is -2.19. The van der Waals surface area contributed by atoms with E-state index in [0.717, 1.165) is 12.8 Å². The predicted molar refractivity (Wildman–Crippen MR) is 64.0 cm³/mol. The molecule has 0 radical (unpaired) electrons. The molecular formula is C14H13FO3. The fourth-order valence-corrected chi connectivity index (χ4v) is 2.30. The summed E-state index contributed by atoms with van der Waals surface area (Å²) in [5.74, 6) is -0.0464. The zero-order valence-electron chi connectivity index (χ0n) is 9.82. The van der Waals surface area contributed by atoms with Crippen molar-refractivity contribution >= 4 is 16.8 Å². The average Bonchev–Trinajstić information content (AvgIpc) is 2.81. The Morgan fingerprint density at radius 3 is 2.78 bits per heavy atom. The summed E-state index contributed by atoms with van der Waals surface area (Å²) in [6.45, 7) is 1.23. The fraction of sp³-hybridized carbons (Fsp3) is 0.357. The molecular weight excluding hydrogens is 235 g/mol. The van der Waals surface area contributed by atoms with Crippen LogP contribution in [0.1, 0.15) is 23.4 Å². The molecule has 4 heteroatoms. The molecule has 0 N–H and O–H groups in total. The molecule has 3 nitrogen and oxygen atoms in total. The maximum atomic E-state index is 13.1. The topological polar surface area (TPSA) is 39.4 Å². The summed E-state index contributed by atoms with van der Waals surface area (Å²) in [6, 6.07) is 5.87. The van der Waals surface area contributed by atoms with Gasteiger partial charge in [0, 0.05) is 24.5 Å². The van der Waals surface area contributed by atoms with Crippen LogP contribution in [0.15, 0.2) is 28.7 Å². The van der Waals surface area contributed by atoms with E-state index < -0.39 is 0 Å². The molecule has 3 rings (SSSR count). The summed E-state index contributed by atoms with van der Waals surface area (Å²) in [7, 11) is 0. The third-order valence-corrected chi connectivity index (χ3v) is 3.31. The summed E-state index contributed by atoms with van der Waals surface area (Å²) in [6.07, 6.45) is 1.45. The van der Waals surface area contributed by atoms with Gasteiger partial charge in [0.1, 0.15) is 11.4 Å². The standard InChI is InChI=1S/C14H13FO3/c15-11-1-2-12-10(7-11)8-13(18-12)14(16)9-3-5-17-6-4-9/h1-2,7-9H,3-6H2. The van der Waals surface area contributed by atoms with Gasteiger partial charge in [-0.3, -0.25) is 4.79 Å². The highest BCUT2D eigenvalue weighted by Crippen LogP contribution is 2.25. The number of carbonyl (C=O) groups is 1. The Labute approximate surface area is 104 Å². The summed E-state index contributed by atoms with van der Waals surface area (Å²) in [5.41, 5.74) is 0.548. The van der Waals surface area contributed by atoms with E-state index in [1.54, 1.807) is 12.1 Å². The number of hydrogen-bond donors (Lipinski definition) is 0. The van der Waals surface area contributed by atoms with Crippen LogP contribution in [-0.4, -0.2) is 19.0 Å². The van der Waals surface area contributed by atoms with Crippen LogP contribution in [0, 0.1) is 11.7 Å². The first-order valence-corrected chi connectivity index (χ1v) is 6.05. The van der Waals surface area contributed by atoms with Gasteiger partial charge in [-0.05, 0) is 37.1 Å². The van der Waals surface area contributed by atoms with Gasteiger partial charge in [-0.15, -0.1) is 0 Å². The predicted octanol–water partition coefficient (Wildman–Crippen LogP) is 3.18. The highest BCUT2D eigenvalue weighted by Gasteiger charge is 2.25. The third kappa shape index (κ3) is 2.04. The van der Waals surface area contributed by atoms with Crippen LogP contribution >= 0.6 is 0 Å². The van der Waals surface area contributed by atoms with E-state index in [1.807, 2.05) is 0 Å². The largest absolute Gasteiger partial charge is 0.453 e. The van der Waals surface area contributed by atoms with Gasteiger partial charge in [-0.2, -0.15) is 0 Å². The summed E-state index contributed by atoms with van der Waals surface area (Å²) in [4.78, 5) is 12.2. The van der Waals surface area contributed by atoms with Gasteiger partial charge < -0.3 is 9.15 Å². The Bertz CT molecular complexity index is 582. The van der Waals surface area contributed by atoms with Crippen molar-refractivity contribution in [1.82, 2.24) is 0 Å². The van der Waals surface area contributed by atoms with E-state index >= 15 is 0 Å². The number of furan rings is 1. The van der Waals surface area contributed by atoms with Crippen LogP contribution in [0.2, 0.25) is 0 Å². The quantitative estimate of drug-likeness (QED) is 0.766. The monoisotopic (exact) mass is 248 g/mol. The molecule has 94 valence electrons. The lowest BCUT2D eigenvalue weighted by Crippen LogP contribution is -2.23. The lowest BCUT2D eigenvalue weighted by molar-refractivity contribution is 0.0529. The summed E-state index contributed by atoms with van der Waals surface area (Å²) >= 11 is 0. The maximum Gasteiger partial charge on any atom is 0.201 e. The van der Waals surface area contributed by atoms with Crippen LogP contribution in [-0.2, 0) is 4.74 Å². The molecule has 0 atom stereocenters. The molecule has 2 heterocycles. The van der Waals surface area contributed by atoms with Crippen molar-refractivity contribution in [2.24, 2.45) is 5.92 Å². The number of halogens is 1. The van der Waals surface area contributed by atoms with Crippen molar-refractivity contribution in [3.63, 3.8) is 0 Å². The minimum Gasteiger partial charge on any atom is -0.453 e. The molecule has 2 aromatic rings. The van der Waals surface area contributed by atoms with Gasteiger partial charge in [-0.1, -0.05) is 0 Å². The molecule has 1 aliphatic heterocycles. The number of Topliss-reactive ketones (excluding diaryl/α,β-unsaturated/α-hetero) is 1. The average molecular weight is 248 g/mol. The number of fused-ring (bicyclic) bond motifs is 1. The molecule has 18 heavy (non-hydrogen) atoms. The molecule has 0 unspecified atom stereocenters. The van der Waals surface area contributed by atoms with Gasteiger partial charge in [0.15, 0.2) is 5.76 Å². The minimum absolute atomic E-state index is 0.00471. The zero-order valence-corrected chi connectivity index (χ0v) is 9.82. The Morgan fingerprint density at radius 2 is 2.00 bits per heavy atom. The summed E-state index contributed by atoms with van der Waals surface area (Å²) in [5, 5.41) is 0.630. The van der Waals surface area contributed by atoms with Gasteiger partial charge in [0.05, 0.1) is 0 Å². The van der Waals surface area contributed by atoms with Gasteiger partial charge in [-0.25, -0.2) is 4.39 Å². The zero-order chi connectivity index (χ0) is 12.5. The maximum absolute atomic E-state index is 13.1. The third-order valence-electron chi connectivity index (χ3n) is 3.31. The molecule has 1 aromatic carbocycles. The highest BCUT2D eigenvalue weighted by atomic mass is 19.1. The second-order valence-corrected chi connectivity index (χ2v) is 4.54. The number of rotatable bonds is 2. The number of ketones is 1. The molecule has 0 aliphatic carbocycles. The fourth-order valence-electron chi connectivity index (χ4n) is 2.30. The number of carbonyl (C=O) groups excluding carboxylic acids is 1. The number of ether oxygens (including phenoxy) is 1. The Morgan fingerprint density at radius 1 is 1.22 bits per heavy atom. The van der Waals surface area contributed by atoms with E-state index in [2.05, 4.69) is 0 Å². The first kappa shape index (κ1) is 11.4. The van der Waals surface area contributed by atoms with Crippen molar-refractivity contribution in [2.45, 2.75) is 12.8 Å². The van der Waals surface area contributed by atoms with Crippen LogP contribution in [0.25, 0.3) is 11.0 Å². The van der Waals surface area contributed by atoms with E-state index in [1.165, 1.54) is 12.1 Å². The molecule has 1 fully saturated rings. The molecule has 0 saturated carbocycles. The molecule has 1 aromatic heterocycles.